The van der Waals surface area contributed by atoms with E-state index in [4.69, 9.17) is 14.2 Å². The Balaban J connectivity index is 2.36. The molecule has 0 bridgehead atoms. The van der Waals surface area contributed by atoms with E-state index < -0.39 is 25.9 Å². The molecule has 0 unspecified atom stereocenters. The van der Waals surface area contributed by atoms with Crippen LogP contribution in [0.5, 0.6) is 5.75 Å². The molecule has 0 saturated carbocycles. The largest absolute Gasteiger partial charge is 0.494 e. The van der Waals surface area contributed by atoms with E-state index >= 15 is 0 Å². The Morgan fingerprint density at radius 2 is 1.44 bits per heavy atom. The summed E-state index contributed by atoms with van der Waals surface area (Å²) in [4.78, 5) is 24.2. The SMILES string of the molecule is CCCC[Si](C)(C)CCCCCOc1ccc(CCC(C(=O)OCC)C(=O)OCC)cc1. The molecule has 0 spiro atoms. The highest BCUT2D eigenvalue weighted by Crippen LogP contribution is 2.22. The molecule has 6 heteroatoms. The van der Waals surface area contributed by atoms with Crippen molar-refractivity contribution in [1.29, 1.82) is 0 Å². The molecule has 0 aromatic heterocycles. The van der Waals surface area contributed by atoms with E-state index in [1.807, 2.05) is 24.3 Å². The molecule has 0 atom stereocenters. The van der Waals surface area contributed by atoms with Crippen LogP contribution >= 0.6 is 0 Å². The van der Waals surface area contributed by atoms with Crippen LogP contribution in [0, 0.1) is 5.92 Å². The summed E-state index contributed by atoms with van der Waals surface area (Å²) in [6, 6.07) is 10.8. The molecule has 0 aliphatic heterocycles. The second-order valence-electron chi connectivity index (χ2n) is 9.17. The molecule has 0 aliphatic rings. The van der Waals surface area contributed by atoms with Gasteiger partial charge in [-0.2, -0.15) is 0 Å². The molecule has 5 nitrogen and oxygen atoms in total. The highest BCUT2D eigenvalue weighted by Gasteiger charge is 2.29. The van der Waals surface area contributed by atoms with Crippen LogP contribution in [-0.4, -0.2) is 39.8 Å². The van der Waals surface area contributed by atoms with Crippen LogP contribution in [0.2, 0.25) is 25.2 Å². The van der Waals surface area contributed by atoms with Crippen LogP contribution in [0.4, 0.5) is 0 Å². The molecular weight excluding hydrogens is 420 g/mol. The second kappa shape index (κ2) is 15.9. The predicted octanol–water partition coefficient (Wildman–Crippen LogP) is 6.42. The number of hydrogen-bond donors (Lipinski definition) is 0. The maximum atomic E-state index is 12.1. The van der Waals surface area contributed by atoms with Gasteiger partial charge >= 0.3 is 11.9 Å². The third-order valence-corrected chi connectivity index (χ3v) is 9.18. The van der Waals surface area contributed by atoms with Crippen molar-refractivity contribution in [3.05, 3.63) is 29.8 Å². The Labute approximate surface area is 196 Å². The van der Waals surface area contributed by atoms with Gasteiger partial charge in [0.1, 0.15) is 5.75 Å². The lowest BCUT2D eigenvalue weighted by atomic mass is 9.99. The lowest BCUT2D eigenvalue weighted by Gasteiger charge is -2.21. The van der Waals surface area contributed by atoms with Crippen molar-refractivity contribution >= 4 is 20.0 Å². The first-order valence-electron chi connectivity index (χ1n) is 12.4. The van der Waals surface area contributed by atoms with Crippen molar-refractivity contribution in [2.45, 2.75) is 90.9 Å². The number of carbonyl (C=O) groups is 2. The minimum absolute atomic E-state index is 0.249. The topological polar surface area (TPSA) is 61.8 Å². The summed E-state index contributed by atoms with van der Waals surface area (Å²) in [5, 5.41) is 0. The van der Waals surface area contributed by atoms with Crippen LogP contribution in [0.25, 0.3) is 0 Å². The monoisotopic (exact) mass is 464 g/mol. The maximum absolute atomic E-state index is 12.1. The van der Waals surface area contributed by atoms with E-state index in [-0.39, 0.29) is 13.2 Å². The van der Waals surface area contributed by atoms with E-state index in [9.17, 15) is 9.59 Å². The molecule has 0 heterocycles. The third-order valence-electron chi connectivity index (χ3n) is 5.76. The van der Waals surface area contributed by atoms with Gasteiger partial charge in [0, 0.05) is 8.07 Å². The van der Waals surface area contributed by atoms with Gasteiger partial charge < -0.3 is 14.2 Å². The minimum Gasteiger partial charge on any atom is -0.494 e. The van der Waals surface area contributed by atoms with Crippen molar-refractivity contribution in [2.24, 2.45) is 5.92 Å². The van der Waals surface area contributed by atoms with Gasteiger partial charge in [0.2, 0.25) is 0 Å². The number of ether oxygens (including phenoxy) is 3. The summed E-state index contributed by atoms with van der Waals surface area (Å²) in [6.07, 6.45) is 7.28. The van der Waals surface area contributed by atoms with Crippen LogP contribution in [0.1, 0.15) is 64.9 Å². The summed E-state index contributed by atoms with van der Waals surface area (Å²) in [5.41, 5.74) is 1.05. The zero-order chi connectivity index (χ0) is 23.8. The quantitative estimate of drug-likeness (QED) is 0.115. The fourth-order valence-electron chi connectivity index (χ4n) is 3.73. The molecule has 182 valence electrons. The summed E-state index contributed by atoms with van der Waals surface area (Å²) >= 11 is 0. The summed E-state index contributed by atoms with van der Waals surface area (Å²) in [5.74, 6) is -1.04. The van der Waals surface area contributed by atoms with Crippen LogP contribution in [0.15, 0.2) is 24.3 Å². The number of rotatable bonds is 17. The van der Waals surface area contributed by atoms with Crippen molar-refractivity contribution in [3.63, 3.8) is 0 Å². The average Bonchev–Trinajstić information content (AvgIpc) is 2.76. The van der Waals surface area contributed by atoms with Crippen molar-refractivity contribution < 1.29 is 23.8 Å². The molecule has 1 aromatic rings. The average molecular weight is 465 g/mol. The Bertz CT molecular complexity index is 639. The lowest BCUT2D eigenvalue weighted by Crippen LogP contribution is -2.28. The number of esters is 2. The molecule has 0 aliphatic carbocycles. The van der Waals surface area contributed by atoms with E-state index in [2.05, 4.69) is 20.0 Å². The molecule has 0 fully saturated rings. The van der Waals surface area contributed by atoms with E-state index in [0.29, 0.717) is 12.8 Å². The summed E-state index contributed by atoms with van der Waals surface area (Å²) in [6.45, 7) is 12.0. The number of aryl methyl sites for hydroxylation is 1. The number of carbonyl (C=O) groups excluding carboxylic acids is 2. The molecule has 0 N–H and O–H groups in total. The first-order valence-corrected chi connectivity index (χ1v) is 15.8. The molecule has 1 rings (SSSR count). The molecular formula is C26H44O5Si. The van der Waals surface area contributed by atoms with Crippen LogP contribution in [-0.2, 0) is 25.5 Å². The van der Waals surface area contributed by atoms with Gasteiger partial charge in [0.15, 0.2) is 5.92 Å². The fraction of sp³-hybridized carbons (Fsp3) is 0.692. The standard InChI is InChI=1S/C26H44O5Si/c1-6-9-20-32(4,5)21-12-10-11-19-31-23-16-13-22(14-17-23)15-18-24(25(27)29-7-2)26(28)30-8-3/h13-14,16-17,24H,6-12,15,18-21H2,1-5H3. The van der Waals surface area contributed by atoms with Crippen LogP contribution < -0.4 is 4.74 Å². The maximum Gasteiger partial charge on any atom is 0.320 e. The zero-order valence-corrected chi connectivity index (χ0v) is 21.9. The Morgan fingerprint density at radius 3 is 2.00 bits per heavy atom. The number of benzene rings is 1. The van der Waals surface area contributed by atoms with Crippen molar-refractivity contribution in [1.82, 2.24) is 0 Å². The molecule has 32 heavy (non-hydrogen) atoms. The van der Waals surface area contributed by atoms with Gasteiger partial charge in [-0.05, 0) is 50.8 Å². The third kappa shape index (κ3) is 11.7. The van der Waals surface area contributed by atoms with E-state index in [1.54, 1.807) is 13.8 Å². The normalized spacial score (nSPS) is 11.4. The molecule has 0 radical (unpaired) electrons. The summed E-state index contributed by atoms with van der Waals surface area (Å²) < 4.78 is 15.9. The number of hydrogen-bond acceptors (Lipinski definition) is 5. The van der Waals surface area contributed by atoms with Gasteiger partial charge in [0.05, 0.1) is 19.8 Å². The first-order chi connectivity index (χ1) is 15.3. The Morgan fingerprint density at radius 1 is 0.844 bits per heavy atom. The highest BCUT2D eigenvalue weighted by molar-refractivity contribution is 6.77. The van der Waals surface area contributed by atoms with Gasteiger partial charge in [-0.1, -0.05) is 69.9 Å². The molecule has 0 amide bonds. The van der Waals surface area contributed by atoms with Crippen molar-refractivity contribution in [3.8, 4) is 5.75 Å². The fourth-order valence-corrected chi connectivity index (χ4v) is 6.50. The lowest BCUT2D eigenvalue weighted by molar-refractivity contribution is -0.161. The van der Waals surface area contributed by atoms with E-state index in [1.165, 1.54) is 37.8 Å². The second-order valence-corrected chi connectivity index (χ2v) is 14.5. The first kappa shape index (κ1) is 28.2. The number of unbranched alkanes of at least 4 members (excludes halogenated alkanes) is 3. The van der Waals surface area contributed by atoms with Gasteiger partial charge in [-0.3, -0.25) is 9.59 Å². The van der Waals surface area contributed by atoms with Gasteiger partial charge in [-0.25, -0.2) is 0 Å². The van der Waals surface area contributed by atoms with Crippen molar-refractivity contribution in [2.75, 3.05) is 19.8 Å². The van der Waals surface area contributed by atoms with Gasteiger partial charge in [-0.15, -0.1) is 0 Å². The summed E-state index contributed by atoms with van der Waals surface area (Å²) in [7, 11) is -0.994. The van der Waals surface area contributed by atoms with Gasteiger partial charge in [0.25, 0.3) is 0 Å². The highest BCUT2D eigenvalue weighted by atomic mass is 28.3. The Kier molecular flexibility index (Phi) is 14.0. The molecule has 1 aromatic carbocycles. The minimum atomic E-state index is -0.994. The van der Waals surface area contributed by atoms with E-state index in [0.717, 1.165) is 24.3 Å². The smallest absolute Gasteiger partial charge is 0.320 e. The molecule has 0 saturated heterocycles. The predicted molar refractivity (Wildman–Crippen MR) is 133 cm³/mol. The van der Waals surface area contributed by atoms with Crippen LogP contribution in [0.3, 0.4) is 0 Å². The zero-order valence-electron chi connectivity index (χ0n) is 20.9. The Hall–Kier alpha value is -1.82.